The summed E-state index contributed by atoms with van der Waals surface area (Å²) in [6.07, 6.45) is 6.27. The third-order valence-electron chi connectivity index (χ3n) is 5.25. The van der Waals surface area contributed by atoms with Crippen LogP contribution in [0.1, 0.15) is 28.1 Å². The fraction of sp³-hybridized carbons (Fsp3) is 0.250. The summed E-state index contributed by atoms with van der Waals surface area (Å²) in [5.74, 6) is 1.25. The molecule has 9 heteroatoms. The fourth-order valence-electron chi connectivity index (χ4n) is 3.61. The third kappa shape index (κ3) is 5.80. The van der Waals surface area contributed by atoms with E-state index in [0.29, 0.717) is 23.8 Å². The minimum absolute atomic E-state index is 0.349. The zero-order valence-electron chi connectivity index (χ0n) is 18.4. The second-order valence-corrected chi connectivity index (χ2v) is 8.37. The van der Waals surface area contributed by atoms with E-state index in [1.807, 2.05) is 37.4 Å². The van der Waals surface area contributed by atoms with Gasteiger partial charge in [0, 0.05) is 55.1 Å². The number of pyridine rings is 3. The average Bonchev–Trinajstić information content (AvgIpc) is 2.85. The highest BCUT2D eigenvalue weighted by molar-refractivity contribution is 7.97. The van der Waals surface area contributed by atoms with E-state index in [2.05, 4.69) is 53.4 Å². The number of aromatic nitrogens is 3. The number of guanidine groups is 1. The van der Waals surface area contributed by atoms with Crippen LogP contribution in [0.2, 0.25) is 0 Å². The standard InChI is InChI=1S/C24H24N8S/c1-17-10-19(5-8-27-17)23-21(12-25)11-18(13-29-23)14-30-24(26-2)31-33-16-32-9-6-22-20(15-32)4-3-7-28-22/h3-5,7-8,10-11,13H,2,6,9,14-16H2,1H3,(H,30,31). The van der Waals surface area contributed by atoms with E-state index >= 15 is 0 Å². The number of hydrogen-bond acceptors (Lipinski definition) is 7. The average molecular weight is 457 g/mol. The van der Waals surface area contributed by atoms with Gasteiger partial charge in [-0.1, -0.05) is 6.07 Å². The molecule has 8 nitrogen and oxygen atoms in total. The van der Waals surface area contributed by atoms with Gasteiger partial charge in [0.1, 0.15) is 6.07 Å². The molecule has 0 unspecified atom stereocenters. The van der Waals surface area contributed by atoms with Crippen molar-refractivity contribution in [1.29, 1.82) is 5.26 Å². The summed E-state index contributed by atoms with van der Waals surface area (Å²) in [5, 5.41) is 9.60. The van der Waals surface area contributed by atoms with Gasteiger partial charge in [0.2, 0.25) is 5.96 Å². The molecule has 0 aromatic carbocycles. The van der Waals surface area contributed by atoms with E-state index in [9.17, 15) is 5.26 Å². The first-order chi connectivity index (χ1) is 16.2. The number of nitriles is 1. The van der Waals surface area contributed by atoms with Crippen LogP contribution in [-0.2, 0) is 19.5 Å². The molecule has 0 aliphatic carbocycles. The molecule has 4 heterocycles. The van der Waals surface area contributed by atoms with Crippen molar-refractivity contribution in [3.05, 3.63) is 77.0 Å². The van der Waals surface area contributed by atoms with E-state index in [1.54, 1.807) is 12.4 Å². The van der Waals surface area contributed by atoms with E-state index in [1.165, 1.54) is 23.2 Å². The van der Waals surface area contributed by atoms with Crippen molar-refractivity contribution in [2.24, 2.45) is 9.98 Å². The van der Waals surface area contributed by atoms with Gasteiger partial charge in [-0.2, -0.15) is 5.26 Å². The summed E-state index contributed by atoms with van der Waals surface area (Å²) >= 11 is 1.53. The number of aryl methyl sites for hydroxylation is 1. The van der Waals surface area contributed by atoms with Crippen LogP contribution in [0.3, 0.4) is 0 Å². The predicted molar refractivity (Wildman–Crippen MR) is 132 cm³/mol. The molecule has 3 aromatic rings. The molecule has 3 aromatic heterocycles. The molecule has 0 amide bonds. The maximum absolute atomic E-state index is 9.60. The Hall–Kier alpha value is -3.61. The smallest absolute Gasteiger partial charge is 0.227 e. The number of nitrogens with one attached hydrogen (secondary N) is 1. The molecule has 0 bridgehead atoms. The molecule has 0 spiro atoms. The minimum atomic E-state index is 0.349. The predicted octanol–water partition coefficient (Wildman–Crippen LogP) is 3.53. The molecule has 0 radical (unpaired) electrons. The number of nitrogens with zero attached hydrogens (tertiary/aromatic N) is 7. The second kappa shape index (κ2) is 10.8. The molecule has 1 N–H and O–H groups in total. The van der Waals surface area contributed by atoms with E-state index in [4.69, 9.17) is 0 Å². The number of hydrogen-bond donors (Lipinski definition) is 1. The van der Waals surface area contributed by atoms with Crippen LogP contribution >= 0.6 is 11.9 Å². The highest BCUT2D eigenvalue weighted by Gasteiger charge is 2.16. The number of rotatable bonds is 6. The summed E-state index contributed by atoms with van der Waals surface area (Å²) in [7, 11) is 0. The molecule has 4 rings (SSSR count). The lowest BCUT2D eigenvalue weighted by Gasteiger charge is -2.27. The molecule has 0 saturated heterocycles. The highest BCUT2D eigenvalue weighted by Crippen LogP contribution is 2.22. The Morgan fingerprint density at radius 2 is 2.18 bits per heavy atom. The molecule has 33 heavy (non-hydrogen) atoms. The van der Waals surface area contributed by atoms with Crippen LogP contribution in [0.25, 0.3) is 11.3 Å². The maximum atomic E-state index is 9.60. The summed E-state index contributed by atoms with van der Waals surface area (Å²) in [5.41, 5.74) is 6.20. The molecule has 1 aliphatic rings. The summed E-state index contributed by atoms with van der Waals surface area (Å²) < 4.78 is 3.17. The molecule has 0 saturated carbocycles. The minimum Gasteiger partial charge on any atom is -0.297 e. The fourth-order valence-corrected chi connectivity index (χ4v) is 4.33. The van der Waals surface area contributed by atoms with Crippen LogP contribution in [0.5, 0.6) is 0 Å². The first-order valence-electron chi connectivity index (χ1n) is 10.5. The molecule has 0 fully saturated rings. The van der Waals surface area contributed by atoms with E-state index in [0.717, 1.165) is 42.2 Å². The van der Waals surface area contributed by atoms with Crippen LogP contribution in [0.15, 0.2) is 58.9 Å². The Morgan fingerprint density at radius 3 is 3.00 bits per heavy atom. The van der Waals surface area contributed by atoms with Crippen LogP contribution < -0.4 is 4.72 Å². The van der Waals surface area contributed by atoms with Gasteiger partial charge in [0.25, 0.3) is 0 Å². The Bertz CT molecular complexity index is 1220. The number of fused-ring (bicyclic) bond motifs is 1. The zero-order valence-corrected chi connectivity index (χ0v) is 19.2. The Labute approximate surface area is 197 Å². The monoisotopic (exact) mass is 456 g/mol. The lowest BCUT2D eigenvalue weighted by Crippen LogP contribution is -2.32. The molecular formula is C24H24N8S. The molecule has 1 aliphatic heterocycles. The summed E-state index contributed by atoms with van der Waals surface area (Å²) in [6, 6.07) is 11.9. The van der Waals surface area contributed by atoms with Crippen LogP contribution in [-0.4, -0.2) is 45.0 Å². The molecule has 0 atom stereocenters. The second-order valence-electron chi connectivity index (χ2n) is 7.62. The topological polar surface area (TPSA) is 102 Å². The maximum Gasteiger partial charge on any atom is 0.227 e. The van der Waals surface area contributed by atoms with Gasteiger partial charge in [-0.05, 0) is 61.0 Å². The van der Waals surface area contributed by atoms with Crippen molar-refractivity contribution in [3.63, 3.8) is 0 Å². The molecular weight excluding hydrogens is 432 g/mol. The lowest BCUT2D eigenvalue weighted by atomic mass is 10.1. The SMILES string of the molecule is C=NC(=NCc1cnc(-c2ccnc(C)c2)c(C#N)c1)NSCN1CCc2ncccc2C1. The third-order valence-corrected chi connectivity index (χ3v) is 6.07. The Balaban J connectivity index is 1.34. The van der Waals surface area contributed by atoms with Crippen molar-refractivity contribution in [2.75, 3.05) is 12.4 Å². The van der Waals surface area contributed by atoms with Gasteiger partial charge in [-0.15, -0.1) is 0 Å². The van der Waals surface area contributed by atoms with Crippen LogP contribution in [0, 0.1) is 18.3 Å². The van der Waals surface area contributed by atoms with Crippen molar-refractivity contribution >= 4 is 24.6 Å². The Morgan fingerprint density at radius 1 is 1.27 bits per heavy atom. The van der Waals surface area contributed by atoms with Gasteiger partial charge in [-0.25, -0.2) is 9.98 Å². The van der Waals surface area contributed by atoms with Crippen molar-refractivity contribution in [2.45, 2.75) is 26.4 Å². The quantitative estimate of drug-likeness (QED) is 0.344. The number of aliphatic imine (C=N–C) groups is 2. The van der Waals surface area contributed by atoms with E-state index < -0.39 is 0 Å². The van der Waals surface area contributed by atoms with E-state index in [-0.39, 0.29) is 0 Å². The summed E-state index contributed by atoms with van der Waals surface area (Å²) in [4.78, 5) is 24.0. The van der Waals surface area contributed by atoms with Crippen LogP contribution in [0.4, 0.5) is 0 Å². The van der Waals surface area contributed by atoms with Gasteiger partial charge >= 0.3 is 0 Å². The first kappa shape index (κ1) is 22.6. The van der Waals surface area contributed by atoms with Gasteiger partial charge in [-0.3, -0.25) is 24.6 Å². The normalized spacial score (nSPS) is 13.8. The van der Waals surface area contributed by atoms with Gasteiger partial charge < -0.3 is 0 Å². The van der Waals surface area contributed by atoms with Crippen molar-refractivity contribution in [3.8, 4) is 17.3 Å². The molecule has 166 valence electrons. The zero-order chi connectivity index (χ0) is 23.0. The van der Waals surface area contributed by atoms with Crippen molar-refractivity contribution < 1.29 is 0 Å². The summed E-state index contributed by atoms with van der Waals surface area (Å²) in [6.45, 7) is 7.73. The Kier molecular flexibility index (Phi) is 7.40. The highest BCUT2D eigenvalue weighted by atomic mass is 32.2. The van der Waals surface area contributed by atoms with Gasteiger partial charge in [0.05, 0.1) is 23.7 Å². The largest absolute Gasteiger partial charge is 0.297 e. The van der Waals surface area contributed by atoms with Crippen molar-refractivity contribution in [1.82, 2.24) is 24.6 Å². The first-order valence-corrected chi connectivity index (χ1v) is 11.5. The van der Waals surface area contributed by atoms with Gasteiger partial charge in [0.15, 0.2) is 0 Å². The lowest BCUT2D eigenvalue weighted by molar-refractivity contribution is 0.297.